The quantitative estimate of drug-likeness (QED) is 0.820. The fourth-order valence-electron chi connectivity index (χ4n) is 3.05. The minimum Gasteiger partial charge on any atom is -0.324 e. The Morgan fingerprint density at radius 2 is 1.72 bits per heavy atom. The molecular weight excluding hydrogens is 218 g/mol. The highest BCUT2D eigenvalue weighted by atomic mass is 14.7. The summed E-state index contributed by atoms with van der Waals surface area (Å²) < 4.78 is 0. The van der Waals surface area contributed by atoms with Crippen molar-refractivity contribution in [2.45, 2.75) is 58.4 Å². The van der Waals surface area contributed by atoms with E-state index in [1.165, 1.54) is 30.4 Å². The molecule has 1 aliphatic carbocycles. The zero-order valence-corrected chi connectivity index (χ0v) is 12.2. The molecule has 0 radical (unpaired) electrons. The van der Waals surface area contributed by atoms with Crippen LogP contribution in [0, 0.1) is 11.8 Å². The molecule has 1 aromatic carbocycles. The highest BCUT2D eigenvalue weighted by Gasteiger charge is 2.27. The Morgan fingerprint density at radius 1 is 1.11 bits per heavy atom. The summed E-state index contributed by atoms with van der Waals surface area (Å²) in [5.74, 6) is 1.54. The summed E-state index contributed by atoms with van der Waals surface area (Å²) in [7, 11) is 0. The molecule has 1 aliphatic rings. The lowest BCUT2D eigenvalue weighted by Crippen LogP contribution is -2.20. The lowest BCUT2D eigenvalue weighted by molar-refractivity contribution is 0.428. The molecule has 1 fully saturated rings. The molecule has 100 valence electrons. The molecule has 2 N–H and O–H groups in total. The topological polar surface area (TPSA) is 26.0 Å². The maximum Gasteiger partial charge on any atom is 0.0323 e. The van der Waals surface area contributed by atoms with E-state index < -0.39 is 0 Å². The van der Waals surface area contributed by atoms with Gasteiger partial charge in [0, 0.05) is 6.04 Å². The van der Waals surface area contributed by atoms with Crippen LogP contribution < -0.4 is 5.73 Å². The van der Waals surface area contributed by atoms with Crippen molar-refractivity contribution in [1.82, 2.24) is 0 Å². The second kappa shape index (κ2) is 5.05. The lowest BCUT2D eigenvalue weighted by Gasteiger charge is -2.22. The molecule has 3 atom stereocenters. The molecule has 18 heavy (non-hydrogen) atoms. The van der Waals surface area contributed by atoms with E-state index in [1.54, 1.807) is 0 Å². The van der Waals surface area contributed by atoms with Crippen LogP contribution in [-0.2, 0) is 5.41 Å². The molecule has 0 aromatic heterocycles. The van der Waals surface area contributed by atoms with Crippen LogP contribution >= 0.6 is 0 Å². The first-order valence-electron chi connectivity index (χ1n) is 7.24. The van der Waals surface area contributed by atoms with Crippen LogP contribution in [-0.4, -0.2) is 0 Å². The van der Waals surface area contributed by atoms with Crippen LogP contribution in [0.3, 0.4) is 0 Å². The van der Waals surface area contributed by atoms with Crippen molar-refractivity contribution in [3.8, 4) is 0 Å². The predicted octanol–water partition coefficient (Wildman–Crippen LogP) is 4.42. The maximum atomic E-state index is 6.42. The first kappa shape index (κ1) is 13.6. The highest BCUT2D eigenvalue weighted by molar-refractivity contribution is 5.29. The van der Waals surface area contributed by atoms with Gasteiger partial charge in [0.25, 0.3) is 0 Å². The molecule has 3 unspecified atom stereocenters. The highest BCUT2D eigenvalue weighted by Crippen LogP contribution is 2.37. The second-order valence-electron chi connectivity index (χ2n) is 7.08. The summed E-state index contributed by atoms with van der Waals surface area (Å²) >= 11 is 0. The molecule has 1 aromatic rings. The number of nitrogens with two attached hydrogens (primary N) is 1. The molecule has 0 spiro atoms. The summed E-state index contributed by atoms with van der Waals surface area (Å²) in [5, 5.41) is 0. The van der Waals surface area contributed by atoms with Crippen molar-refractivity contribution in [2.75, 3.05) is 0 Å². The molecule has 1 saturated carbocycles. The van der Waals surface area contributed by atoms with Gasteiger partial charge in [0.15, 0.2) is 0 Å². The largest absolute Gasteiger partial charge is 0.324 e. The summed E-state index contributed by atoms with van der Waals surface area (Å²) in [6.07, 6.45) is 3.93. The Hall–Kier alpha value is -0.820. The van der Waals surface area contributed by atoms with Gasteiger partial charge in [-0.15, -0.1) is 0 Å². The van der Waals surface area contributed by atoms with Crippen LogP contribution in [0.25, 0.3) is 0 Å². The van der Waals surface area contributed by atoms with Gasteiger partial charge in [0.05, 0.1) is 0 Å². The van der Waals surface area contributed by atoms with E-state index in [0.29, 0.717) is 5.92 Å². The predicted molar refractivity (Wildman–Crippen MR) is 78.6 cm³/mol. The van der Waals surface area contributed by atoms with Gasteiger partial charge in [-0.1, -0.05) is 58.4 Å². The van der Waals surface area contributed by atoms with Gasteiger partial charge < -0.3 is 5.73 Å². The minimum atomic E-state index is 0.226. The Balaban J connectivity index is 2.10. The zero-order valence-electron chi connectivity index (χ0n) is 12.2. The molecule has 1 nitrogen and oxygen atoms in total. The minimum absolute atomic E-state index is 0.226. The second-order valence-corrected chi connectivity index (χ2v) is 7.08. The van der Waals surface area contributed by atoms with Gasteiger partial charge in [-0.2, -0.15) is 0 Å². The van der Waals surface area contributed by atoms with Gasteiger partial charge in [0.2, 0.25) is 0 Å². The SMILES string of the molecule is CC1CCC(C(N)c2ccc(C(C)(C)C)cc2)C1. The van der Waals surface area contributed by atoms with Crippen LogP contribution in [0.2, 0.25) is 0 Å². The van der Waals surface area contributed by atoms with Crippen molar-refractivity contribution < 1.29 is 0 Å². The van der Waals surface area contributed by atoms with E-state index in [0.717, 1.165) is 5.92 Å². The van der Waals surface area contributed by atoms with Crippen molar-refractivity contribution >= 4 is 0 Å². The summed E-state index contributed by atoms with van der Waals surface area (Å²) in [6, 6.07) is 9.17. The van der Waals surface area contributed by atoms with Gasteiger partial charge in [-0.05, 0) is 41.2 Å². The van der Waals surface area contributed by atoms with E-state index in [2.05, 4.69) is 52.0 Å². The zero-order chi connectivity index (χ0) is 13.3. The third kappa shape index (κ3) is 2.95. The standard InChI is InChI=1S/C17H27N/c1-12-5-6-14(11-12)16(18)13-7-9-15(10-8-13)17(2,3)4/h7-10,12,14,16H,5-6,11,18H2,1-4H3. The Labute approximate surface area is 112 Å². The van der Waals surface area contributed by atoms with E-state index in [9.17, 15) is 0 Å². The van der Waals surface area contributed by atoms with Gasteiger partial charge in [-0.3, -0.25) is 0 Å². The lowest BCUT2D eigenvalue weighted by atomic mass is 9.85. The average molecular weight is 245 g/mol. The van der Waals surface area contributed by atoms with Crippen LogP contribution in [0.4, 0.5) is 0 Å². The number of hydrogen-bond acceptors (Lipinski definition) is 1. The maximum absolute atomic E-state index is 6.42. The molecule has 0 aliphatic heterocycles. The monoisotopic (exact) mass is 245 g/mol. The molecule has 1 heteroatoms. The van der Waals surface area contributed by atoms with E-state index in [-0.39, 0.29) is 11.5 Å². The molecule has 0 heterocycles. The third-order valence-corrected chi connectivity index (χ3v) is 4.40. The van der Waals surface area contributed by atoms with Crippen LogP contribution in [0.1, 0.15) is 64.1 Å². The summed E-state index contributed by atoms with van der Waals surface area (Å²) in [6.45, 7) is 9.09. The van der Waals surface area contributed by atoms with E-state index >= 15 is 0 Å². The fourth-order valence-corrected chi connectivity index (χ4v) is 3.05. The van der Waals surface area contributed by atoms with Crippen molar-refractivity contribution in [2.24, 2.45) is 17.6 Å². The van der Waals surface area contributed by atoms with Crippen molar-refractivity contribution in [3.63, 3.8) is 0 Å². The van der Waals surface area contributed by atoms with Crippen molar-refractivity contribution in [1.29, 1.82) is 0 Å². The van der Waals surface area contributed by atoms with Gasteiger partial charge in [0.1, 0.15) is 0 Å². The smallest absolute Gasteiger partial charge is 0.0323 e. The first-order valence-corrected chi connectivity index (χ1v) is 7.24. The number of rotatable bonds is 2. The molecule has 2 rings (SSSR count). The Morgan fingerprint density at radius 3 is 2.17 bits per heavy atom. The number of benzene rings is 1. The van der Waals surface area contributed by atoms with Crippen LogP contribution in [0.15, 0.2) is 24.3 Å². The normalized spacial score (nSPS) is 26.3. The molecule has 0 saturated heterocycles. The molecular formula is C17H27N. The van der Waals surface area contributed by atoms with Crippen molar-refractivity contribution in [3.05, 3.63) is 35.4 Å². The average Bonchev–Trinajstić information content (AvgIpc) is 2.74. The Kier molecular flexibility index (Phi) is 3.82. The fraction of sp³-hybridized carbons (Fsp3) is 0.647. The van der Waals surface area contributed by atoms with E-state index in [1.807, 2.05) is 0 Å². The van der Waals surface area contributed by atoms with Gasteiger partial charge in [-0.25, -0.2) is 0 Å². The molecule has 0 amide bonds. The first-order chi connectivity index (χ1) is 8.38. The summed E-state index contributed by atoms with van der Waals surface area (Å²) in [4.78, 5) is 0. The Bertz CT molecular complexity index is 385. The van der Waals surface area contributed by atoms with E-state index in [4.69, 9.17) is 5.73 Å². The summed E-state index contributed by atoms with van der Waals surface area (Å²) in [5.41, 5.74) is 9.34. The van der Waals surface area contributed by atoms with Crippen LogP contribution in [0.5, 0.6) is 0 Å². The molecule has 0 bridgehead atoms. The van der Waals surface area contributed by atoms with Gasteiger partial charge >= 0.3 is 0 Å². The third-order valence-electron chi connectivity index (χ3n) is 4.40. The number of hydrogen-bond donors (Lipinski definition) is 1.